The number of aryl methyl sites for hydroxylation is 1. The first-order chi connectivity index (χ1) is 10.0. The molecule has 0 aliphatic carbocycles. The topological polar surface area (TPSA) is 17.1 Å². The Labute approximate surface area is 126 Å². The van der Waals surface area contributed by atoms with Gasteiger partial charge in [0.05, 0.1) is 0 Å². The van der Waals surface area contributed by atoms with Gasteiger partial charge in [-0.05, 0) is 36.5 Å². The normalized spacial score (nSPS) is 12.4. The Morgan fingerprint density at radius 1 is 1.05 bits per heavy atom. The molecule has 0 spiro atoms. The predicted octanol–water partition coefficient (Wildman–Crippen LogP) is 5.46. The number of benzene rings is 1. The molecule has 1 nitrogen and oxygen atoms in total. The molecule has 1 unspecified atom stereocenters. The molecule has 0 bridgehead atoms. The molecule has 1 aromatic rings. The van der Waals surface area contributed by atoms with E-state index in [2.05, 4.69) is 13.8 Å². The highest BCUT2D eigenvalue weighted by atomic mass is 19.1. The summed E-state index contributed by atoms with van der Waals surface area (Å²) < 4.78 is 26.1. The van der Waals surface area contributed by atoms with Gasteiger partial charge in [-0.1, -0.05) is 39.5 Å². The van der Waals surface area contributed by atoms with Gasteiger partial charge in [-0.2, -0.15) is 0 Å². The average Bonchev–Trinajstić information content (AvgIpc) is 2.44. The Bertz CT molecular complexity index is 423. The van der Waals surface area contributed by atoms with Crippen LogP contribution in [-0.2, 0) is 11.2 Å². The fourth-order valence-electron chi connectivity index (χ4n) is 2.57. The summed E-state index contributed by atoms with van der Waals surface area (Å²) in [6, 6.07) is 3.45. The molecule has 1 aromatic carbocycles. The Morgan fingerprint density at radius 2 is 1.71 bits per heavy atom. The molecule has 0 aliphatic rings. The second-order valence-electron chi connectivity index (χ2n) is 5.77. The van der Waals surface area contributed by atoms with Crippen molar-refractivity contribution in [3.8, 4) is 0 Å². The van der Waals surface area contributed by atoms with Gasteiger partial charge in [-0.25, -0.2) is 8.78 Å². The predicted molar refractivity (Wildman–Crippen MR) is 82.2 cm³/mol. The minimum Gasteiger partial charge on any atom is -0.300 e. The second-order valence-corrected chi connectivity index (χ2v) is 5.77. The number of rotatable bonds is 10. The third kappa shape index (κ3) is 7.35. The molecule has 1 rings (SSSR count). The van der Waals surface area contributed by atoms with Gasteiger partial charge in [0.15, 0.2) is 0 Å². The van der Waals surface area contributed by atoms with E-state index >= 15 is 0 Å². The summed E-state index contributed by atoms with van der Waals surface area (Å²) in [5.74, 6) is -0.346. The highest BCUT2D eigenvalue weighted by Crippen LogP contribution is 2.19. The van der Waals surface area contributed by atoms with Crippen molar-refractivity contribution in [2.24, 2.45) is 5.92 Å². The molecule has 1 atom stereocenters. The van der Waals surface area contributed by atoms with Crippen molar-refractivity contribution in [2.75, 3.05) is 0 Å². The maximum absolute atomic E-state index is 13.0. The third-order valence-corrected chi connectivity index (χ3v) is 3.99. The van der Waals surface area contributed by atoms with Crippen LogP contribution in [0.1, 0.15) is 64.4 Å². The molecule has 0 saturated carbocycles. The molecule has 0 heterocycles. The van der Waals surface area contributed by atoms with E-state index < -0.39 is 11.6 Å². The minimum absolute atomic E-state index is 0.189. The molecule has 0 amide bonds. The SMILES string of the molecule is CCCCC(CC)CCC(=O)CCc1cc(F)cc(F)c1. The third-order valence-electron chi connectivity index (χ3n) is 3.99. The maximum Gasteiger partial charge on any atom is 0.133 e. The van der Waals surface area contributed by atoms with E-state index in [1.165, 1.54) is 31.4 Å². The maximum atomic E-state index is 13.0. The zero-order chi connectivity index (χ0) is 15.7. The Hall–Kier alpha value is -1.25. The van der Waals surface area contributed by atoms with Gasteiger partial charge in [0, 0.05) is 18.9 Å². The summed E-state index contributed by atoms with van der Waals surface area (Å²) in [5.41, 5.74) is 0.555. The standard InChI is InChI=1S/C18H26F2O/c1-3-5-6-14(4-2)7-9-18(21)10-8-15-11-16(19)13-17(20)12-15/h11-14H,3-10H2,1-2H3. The van der Waals surface area contributed by atoms with E-state index in [0.717, 1.165) is 18.9 Å². The zero-order valence-corrected chi connectivity index (χ0v) is 13.1. The Morgan fingerprint density at radius 3 is 2.29 bits per heavy atom. The fraction of sp³-hybridized carbons (Fsp3) is 0.611. The largest absolute Gasteiger partial charge is 0.300 e. The average molecular weight is 296 g/mol. The lowest BCUT2D eigenvalue weighted by Gasteiger charge is -2.13. The summed E-state index contributed by atoms with van der Waals surface area (Å²) in [4.78, 5) is 11.9. The number of carbonyl (C=O) groups excluding carboxylic acids is 1. The van der Waals surface area contributed by atoms with Gasteiger partial charge in [0.1, 0.15) is 17.4 Å². The molecular formula is C18H26F2O. The van der Waals surface area contributed by atoms with Crippen LogP contribution in [0.2, 0.25) is 0 Å². The first kappa shape index (κ1) is 17.8. The number of hydrogen-bond acceptors (Lipinski definition) is 1. The molecule has 118 valence electrons. The quantitative estimate of drug-likeness (QED) is 0.560. The van der Waals surface area contributed by atoms with Gasteiger partial charge in [-0.15, -0.1) is 0 Å². The van der Waals surface area contributed by atoms with Crippen LogP contribution in [0.4, 0.5) is 8.78 Å². The van der Waals surface area contributed by atoms with Gasteiger partial charge >= 0.3 is 0 Å². The van der Waals surface area contributed by atoms with E-state index in [0.29, 0.717) is 30.7 Å². The number of Topliss-reactive ketones (excluding diaryl/α,β-unsaturated/α-hetero) is 1. The van der Waals surface area contributed by atoms with Crippen molar-refractivity contribution in [3.63, 3.8) is 0 Å². The summed E-state index contributed by atoms with van der Waals surface area (Å²) in [6.45, 7) is 4.34. The number of hydrogen-bond donors (Lipinski definition) is 0. The molecule has 0 fully saturated rings. The van der Waals surface area contributed by atoms with Gasteiger partial charge in [-0.3, -0.25) is 4.79 Å². The summed E-state index contributed by atoms with van der Waals surface area (Å²) >= 11 is 0. The molecule has 21 heavy (non-hydrogen) atoms. The van der Waals surface area contributed by atoms with Crippen LogP contribution in [0.5, 0.6) is 0 Å². The monoisotopic (exact) mass is 296 g/mol. The number of unbranched alkanes of at least 4 members (excludes halogenated alkanes) is 1. The molecule has 0 aromatic heterocycles. The van der Waals surface area contributed by atoms with E-state index in [-0.39, 0.29) is 5.78 Å². The van der Waals surface area contributed by atoms with Crippen molar-refractivity contribution < 1.29 is 13.6 Å². The molecule has 0 N–H and O–H groups in total. The number of ketones is 1. The van der Waals surface area contributed by atoms with Crippen molar-refractivity contribution in [2.45, 2.75) is 65.2 Å². The van der Waals surface area contributed by atoms with Gasteiger partial charge in [0.25, 0.3) is 0 Å². The Kier molecular flexibility index (Phi) is 8.17. The summed E-state index contributed by atoms with van der Waals surface area (Å²) in [5, 5.41) is 0. The van der Waals surface area contributed by atoms with E-state index in [9.17, 15) is 13.6 Å². The lowest BCUT2D eigenvalue weighted by Crippen LogP contribution is -2.06. The van der Waals surface area contributed by atoms with Crippen molar-refractivity contribution in [1.29, 1.82) is 0 Å². The number of carbonyl (C=O) groups is 1. The molecule has 0 radical (unpaired) electrons. The van der Waals surface area contributed by atoms with Crippen LogP contribution < -0.4 is 0 Å². The zero-order valence-electron chi connectivity index (χ0n) is 13.1. The molecule has 0 saturated heterocycles. The second kappa shape index (κ2) is 9.64. The van der Waals surface area contributed by atoms with E-state index in [1.54, 1.807) is 0 Å². The lowest BCUT2D eigenvalue weighted by molar-refractivity contribution is -0.119. The van der Waals surface area contributed by atoms with Crippen molar-refractivity contribution in [3.05, 3.63) is 35.4 Å². The number of halogens is 2. The lowest BCUT2D eigenvalue weighted by atomic mass is 9.92. The minimum atomic E-state index is -0.580. The van der Waals surface area contributed by atoms with Crippen LogP contribution in [0.15, 0.2) is 18.2 Å². The van der Waals surface area contributed by atoms with Crippen molar-refractivity contribution in [1.82, 2.24) is 0 Å². The van der Waals surface area contributed by atoms with Crippen LogP contribution in [0.25, 0.3) is 0 Å². The first-order valence-corrected chi connectivity index (χ1v) is 8.01. The van der Waals surface area contributed by atoms with Crippen LogP contribution in [-0.4, -0.2) is 5.78 Å². The highest BCUT2D eigenvalue weighted by Gasteiger charge is 2.10. The van der Waals surface area contributed by atoms with Crippen LogP contribution in [0.3, 0.4) is 0 Å². The van der Waals surface area contributed by atoms with Crippen molar-refractivity contribution >= 4 is 5.78 Å². The summed E-state index contributed by atoms with van der Waals surface area (Å²) in [6.07, 6.45) is 7.02. The summed E-state index contributed by atoms with van der Waals surface area (Å²) in [7, 11) is 0. The smallest absolute Gasteiger partial charge is 0.133 e. The fourth-order valence-corrected chi connectivity index (χ4v) is 2.57. The van der Waals surface area contributed by atoms with Gasteiger partial charge < -0.3 is 0 Å². The molecular weight excluding hydrogens is 270 g/mol. The first-order valence-electron chi connectivity index (χ1n) is 8.01. The van der Waals surface area contributed by atoms with Gasteiger partial charge in [0.2, 0.25) is 0 Å². The van der Waals surface area contributed by atoms with E-state index in [4.69, 9.17) is 0 Å². The van der Waals surface area contributed by atoms with Crippen LogP contribution >= 0.6 is 0 Å². The molecule has 0 aliphatic heterocycles. The Balaban J connectivity index is 2.33. The van der Waals surface area contributed by atoms with E-state index in [1.807, 2.05) is 0 Å². The molecule has 3 heteroatoms. The highest BCUT2D eigenvalue weighted by molar-refractivity contribution is 5.78. The van der Waals surface area contributed by atoms with Crippen LogP contribution in [0, 0.1) is 17.6 Å².